The molecular weight excluding hydrogens is 432 g/mol. The molecule has 0 aliphatic heterocycles. The number of hydrogen-bond acceptors (Lipinski definition) is 7. The van der Waals surface area contributed by atoms with Crippen molar-refractivity contribution in [2.24, 2.45) is 0 Å². The molecule has 3 aromatic rings. The molecule has 0 atom stereocenters. The standard InChI is InChI=1S/C23H24N2O6S/c1-25(2)32(27,28)22-14-18(9-12-21(22)29-3)23(26)31-15-17-7-10-20(11-8-17)30-16-19-6-4-5-13-24-19/h4-14H,15-16H2,1-3H3. The summed E-state index contributed by atoms with van der Waals surface area (Å²) >= 11 is 0. The zero-order chi connectivity index (χ0) is 23.1. The summed E-state index contributed by atoms with van der Waals surface area (Å²) < 4.78 is 42.3. The summed E-state index contributed by atoms with van der Waals surface area (Å²) in [6.45, 7) is 0.381. The second-order valence-electron chi connectivity index (χ2n) is 6.98. The Labute approximate surface area is 187 Å². The summed E-state index contributed by atoms with van der Waals surface area (Å²) in [5.41, 5.74) is 1.69. The quantitative estimate of drug-likeness (QED) is 0.456. The number of ether oxygens (including phenoxy) is 3. The molecule has 0 fully saturated rings. The van der Waals surface area contributed by atoms with Crippen LogP contribution in [0.25, 0.3) is 0 Å². The highest BCUT2D eigenvalue weighted by atomic mass is 32.2. The SMILES string of the molecule is COc1ccc(C(=O)OCc2ccc(OCc3ccccn3)cc2)cc1S(=O)(=O)N(C)C. The Hall–Kier alpha value is -3.43. The monoisotopic (exact) mass is 456 g/mol. The van der Waals surface area contributed by atoms with Gasteiger partial charge in [0.1, 0.15) is 29.6 Å². The molecule has 32 heavy (non-hydrogen) atoms. The Kier molecular flexibility index (Phi) is 7.45. The van der Waals surface area contributed by atoms with Crippen LogP contribution in [-0.4, -0.2) is 44.9 Å². The van der Waals surface area contributed by atoms with E-state index in [2.05, 4.69) is 4.98 Å². The second-order valence-corrected chi connectivity index (χ2v) is 9.10. The molecule has 1 aromatic heterocycles. The van der Waals surface area contributed by atoms with Gasteiger partial charge in [-0.2, -0.15) is 0 Å². The first-order valence-corrected chi connectivity index (χ1v) is 11.1. The van der Waals surface area contributed by atoms with E-state index >= 15 is 0 Å². The van der Waals surface area contributed by atoms with Crippen LogP contribution in [0.2, 0.25) is 0 Å². The van der Waals surface area contributed by atoms with E-state index in [0.29, 0.717) is 12.4 Å². The molecule has 9 heteroatoms. The van der Waals surface area contributed by atoms with Gasteiger partial charge in [-0.1, -0.05) is 18.2 Å². The molecule has 0 bridgehead atoms. The van der Waals surface area contributed by atoms with Crippen molar-refractivity contribution in [2.75, 3.05) is 21.2 Å². The number of nitrogens with zero attached hydrogens (tertiary/aromatic N) is 2. The summed E-state index contributed by atoms with van der Waals surface area (Å²) in [6.07, 6.45) is 1.71. The van der Waals surface area contributed by atoms with Crippen LogP contribution in [0.1, 0.15) is 21.6 Å². The summed E-state index contributed by atoms with van der Waals surface area (Å²) in [4.78, 5) is 16.6. The fourth-order valence-corrected chi connectivity index (χ4v) is 3.83. The van der Waals surface area contributed by atoms with Crippen LogP contribution >= 0.6 is 0 Å². The van der Waals surface area contributed by atoms with Gasteiger partial charge in [0.05, 0.1) is 18.4 Å². The van der Waals surface area contributed by atoms with E-state index in [9.17, 15) is 13.2 Å². The van der Waals surface area contributed by atoms with E-state index in [-0.39, 0.29) is 22.8 Å². The Morgan fingerprint density at radius 2 is 1.75 bits per heavy atom. The number of benzene rings is 2. The molecular formula is C23H24N2O6S. The zero-order valence-corrected chi connectivity index (χ0v) is 18.8. The molecule has 0 aliphatic rings. The van der Waals surface area contributed by atoms with Crippen LogP contribution in [0.3, 0.4) is 0 Å². The van der Waals surface area contributed by atoms with Crippen molar-refractivity contribution < 1.29 is 27.4 Å². The number of aromatic nitrogens is 1. The molecule has 3 rings (SSSR count). The number of pyridine rings is 1. The van der Waals surface area contributed by atoms with Crippen molar-refractivity contribution in [3.63, 3.8) is 0 Å². The lowest BCUT2D eigenvalue weighted by Gasteiger charge is -2.15. The summed E-state index contributed by atoms with van der Waals surface area (Å²) in [5.74, 6) is 0.175. The highest BCUT2D eigenvalue weighted by Crippen LogP contribution is 2.27. The highest BCUT2D eigenvalue weighted by molar-refractivity contribution is 7.89. The van der Waals surface area contributed by atoms with Crippen molar-refractivity contribution in [3.05, 3.63) is 83.7 Å². The first kappa shape index (κ1) is 23.2. The smallest absolute Gasteiger partial charge is 0.338 e. The van der Waals surface area contributed by atoms with Gasteiger partial charge in [0, 0.05) is 20.3 Å². The Balaban J connectivity index is 1.63. The number of rotatable bonds is 9. The van der Waals surface area contributed by atoms with Gasteiger partial charge in [-0.3, -0.25) is 4.98 Å². The number of carbonyl (C=O) groups is 1. The van der Waals surface area contributed by atoms with Crippen LogP contribution in [0.15, 0.2) is 71.8 Å². The molecule has 168 valence electrons. The third kappa shape index (κ3) is 5.63. The van der Waals surface area contributed by atoms with Crippen molar-refractivity contribution >= 4 is 16.0 Å². The lowest BCUT2D eigenvalue weighted by atomic mass is 10.2. The first-order chi connectivity index (χ1) is 15.3. The van der Waals surface area contributed by atoms with Crippen molar-refractivity contribution in [2.45, 2.75) is 18.1 Å². The van der Waals surface area contributed by atoms with Gasteiger partial charge < -0.3 is 14.2 Å². The molecule has 0 aliphatic carbocycles. The Morgan fingerprint density at radius 1 is 1.00 bits per heavy atom. The molecule has 0 saturated carbocycles. The Bertz CT molecular complexity index is 1160. The fraction of sp³-hybridized carbons (Fsp3) is 0.217. The van der Waals surface area contributed by atoms with Gasteiger partial charge in [0.2, 0.25) is 10.0 Å². The number of carbonyl (C=O) groups excluding carboxylic acids is 1. The number of methoxy groups -OCH3 is 1. The third-order valence-corrected chi connectivity index (χ3v) is 6.40. The highest BCUT2D eigenvalue weighted by Gasteiger charge is 2.24. The average Bonchev–Trinajstić information content (AvgIpc) is 2.82. The minimum absolute atomic E-state index is 0.0289. The van der Waals surface area contributed by atoms with Gasteiger partial charge in [0.15, 0.2) is 0 Å². The predicted octanol–water partition coefficient (Wildman–Crippen LogP) is 3.28. The molecule has 0 radical (unpaired) electrons. The summed E-state index contributed by atoms with van der Waals surface area (Å²) in [6, 6.07) is 16.9. The van der Waals surface area contributed by atoms with Crippen LogP contribution < -0.4 is 9.47 Å². The molecule has 0 amide bonds. The summed E-state index contributed by atoms with van der Waals surface area (Å²) in [7, 11) is 0.388. The molecule has 0 saturated heterocycles. The van der Waals surface area contributed by atoms with E-state index in [1.807, 2.05) is 18.2 Å². The van der Waals surface area contributed by atoms with Gasteiger partial charge >= 0.3 is 5.97 Å². The maximum atomic E-state index is 12.5. The van der Waals surface area contributed by atoms with Crippen molar-refractivity contribution in [1.29, 1.82) is 0 Å². The van der Waals surface area contributed by atoms with Gasteiger partial charge in [0.25, 0.3) is 0 Å². The van der Waals surface area contributed by atoms with Crippen molar-refractivity contribution in [3.8, 4) is 11.5 Å². The molecule has 8 nitrogen and oxygen atoms in total. The minimum Gasteiger partial charge on any atom is -0.495 e. The predicted molar refractivity (Wildman–Crippen MR) is 118 cm³/mol. The summed E-state index contributed by atoms with van der Waals surface area (Å²) in [5, 5.41) is 0. The van der Waals surface area contributed by atoms with E-state index < -0.39 is 16.0 Å². The third-order valence-electron chi connectivity index (χ3n) is 4.56. The van der Waals surface area contributed by atoms with E-state index in [4.69, 9.17) is 14.2 Å². The number of hydrogen-bond donors (Lipinski definition) is 0. The lowest BCUT2D eigenvalue weighted by Crippen LogP contribution is -2.23. The van der Waals surface area contributed by atoms with Crippen LogP contribution in [0, 0.1) is 0 Å². The minimum atomic E-state index is -3.79. The van der Waals surface area contributed by atoms with Crippen LogP contribution in [-0.2, 0) is 28.0 Å². The van der Waals surface area contributed by atoms with Crippen LogP contribution in [0.5, 0.6) is 11.5 Å². The maximum Gasteiger partial charge on any atom is 0.338 e. The van der Waals surface area contributed by atoms with Gasteiger partial charge in [-0.15, -0.1) is 0 Å². The Morgan fingerprint density at radius 3 is 2.38 bits per heavy atom. The van der Waals surface area contributed by atoms with E-state index in [1.165, 1.54) is 39.4 Å². The largest absolute Gasteiger partial charge is 0.495 e. The molecule has 0 N–H and O–H groups in total. The van der Waals surface area contributed by atoms with Gasteiger partial charge in [-0.05, 0) is 48.0 Å². The normalized spacial score (nSPS) is 11.2. The molecule has 0 spiro atoms. The maximum absolute atomic E-state index is 12.5. The zero-order valence-electron chi connectivity index (χ0n) is 18.0. The first-order valence-electron chi connectivity index (χ1n) is 9.70. The fourth-order valence-electron chi connectivity index (χ4n) is 2.76. The number of esters is 1. The average molecular weight is 457 g/mol. The topological polar surface area (TPSA) is 95.0 Å². The number of sulfonamides is 1. The van der Waals surface area contributed by atoms with Crippen LogP contribution in [0.4, 0.5) is 0 Å². The molecule has 2 aromatic carbocycles. The van der Waals surface area contributed by atoms with Gasteiger partial charge in [-0.25, -0.2) is 17.5 Å². The molecule has 0 unspecified atom stereocenters. The van der Waals surface area contributed by atoms with E-state index in [0.717, 1.165) is 15.6 Å². The van der Waals surface area contributed by atoms with E-state index in [1.54, 1.807) is 30.5 Å². The lowest BCUT2D eigenvalue weighted by molar-refractivity contribution is 0.0472. The molecule has 1 heterocycles. The van der Waals surface area contributed by atoms with Crippen molar-refractivity contribution in [1.82, 2.24) is 9.29 Å². The second kappa shape index (κ2) is 10.3.